The van der Waals surface area contributed by atoms with E-state index in [1.165, 1.54) is 0 Å². The number of benzene rings is 2. The first-order chi connectivity index (χ1) is 19.4. The second kappa shape index (κ2) is 12.2. The number of ether oxygens (including phenoxy) is 5. The summed E-state index contributed by atoms with van der Waals surface area (Å²) in [7, 11) is 3.25. The van der Waals surface area contributed by atoms with Crippen molar-refractivity contribution in [3.8, 4) is 17.2 Å². The molecule has 2 aromatic carbocycles. The van der Waals surface area contributed by atoms with E-state index < -0.39 is 11.9 Å². The predicted octanol–water partition coefficient (Wildman–Crippen LogP) is 5.19. The van der Waals surface area contributed by atoms with Crippen LogP contribution in [-0.4, -0.2) is 51.9 Å². The van der Waals surface area contributed by atoms with E-state index >= 15 is 0 Å². The molecule has 0 saturated carbocycles. The molecule has 0 spiro atoms. The number of carbonyl (C=O) groups is 2. The third-order valence-electron chi connectivity index (χ3n) is 7.88. The SMILES string of the molecule is CCOc1ccccc1[C@H]1C(C(=O)OC[C@H]2CCCO2)=C(C)NC2=C1C(=O)C[C@@H](c1cc(OC)ccc1OC)C2. The highest BCUT2D eigenvalue weighted by atomic mass is 16.6. The Kier molecular flexibility index (Phi) is 8.45. The van der Waals surface area contributed by atoms with E-state index in [1.807, 2.05) is 56.3 Å². The molecule has 3 atom stereocenters. The molecule has 3 aliphatic rings. The zero-order chi connectivity index (χ0) is 28.2. The summed E-state index contributed by atoms with van der Waals surface area (Å²) in [6, 6.07) is 13.2. The number of ketones is 1. The Morgan fingerprint density at radius 1 is 1.05 bits per heavy atom. The fraction of sp³-hybridized carbons (Fsp3) is 0.438. The summed E-state index contributed by atoms with van der Waals surface area (Å²) in [6.07, 6.45) is 2.57. The van der Waals surface area contributed by atoms with Crippen LogP contribution in [0.2, 0.25) is 0 Å². The maximum atomic E-state index is 14.1. The van der Waals surface area contributed by atoms with Crippen molar-refractivity contribution in [2.75, 3.05) is 34.0 Å². The summed E-state index contributed by atoms with van der Waals surface area (Å²) < 4.78 is 28.5. The van der Waals surface area contributed by atoms with E-state index in [2.05, 4.69) is 5.32 Å². The first-order valence-electron chi connectivity index (χ1n) is 13.9. The Bertz CT molecular complexity index is 1340. The number of carbonyl (C=O) groups excluding carboxylic acids is 2. The van der Waals surface area contributed by atoms with Gasteiger partial charge in [0.05, 0.1) is 38.4 Å². The summed E-state index contributed by atoms with van der Waals surface area (Å²) in [5.41, 5.74) is 4.16. The van der Waals surface area contributed by atoms with Gasteiger partial charge in [0.2, 0.25) is 0 Å². The second-order valence-electron chi connectivity index (χ2n) is 10.3. The van der Waals surface area contributed by atoms with Gasteiger partial charge < -0.3 is 29.0 Å². The van der Waals surface area contributed by atoms with Gasteiger partial charge >= 0.3 is 5.97 Å². The molecule has 40 heavy (non-hydrogen) atoms. The first kappa shape index (κ1) is 27.8. The van der Waals surface area contributed by atoms with Crippen LogP contribution < -0.4 is 19.5 Å². The van der Waals surface area contributed by atoms with Crippen LogP contribution in [0.5, 0.6) is 17.2 Å². The highest BCUT2D eigenvalue weighted by molar-refractivity contribution is 6.04. The number of para-hydroxylation sites is 1. The van der Waals surface area contributed by atoms with Crippen LogP contribution in [0.15, 0.2) is 65.0 Å². The highest BCUT2D eigenvalue weighted by Crippen LogP contribution is 2.49. The molecule has 2 aromatic rings. The summed E-state index contributed by atoms with van der Waals surface area (Å²) in [5, 5.41) is 3.42. The van der Waals surface area contributed by atoms with E-state index in [4.69, 9.17) is 23.7 Å². The number of allylic oxidation sites excluding steroid dienone is 3. The molecule has 1 aliphatic carbocycles. The van der Waals surface area contributed by atoms with Crippen molar-refractivity contribution in [2.24, 2.45) is 0 Å². The minimum absolute atomic E-state index is 0.0307. The molecule has 8 nitrogen and oxygen atoms in total. The molecule has 2 aliphatic heterocycles. The van der Waals surface area contributed by atoms with Crippen LogP contribution in [0.1, 0.15) is 62.5 Å². The summed E-state index contributed by atoms with van der Waals surface area (Å²) in [6.45, 7) is 5.11. The van der Waals surface area contributed by atoms with Gasteiger partial charge in [0.25, 0.3) is 0 Å². The average Bonchev–Trinajstić information content (AvgIpc) is 3.49. The monoisotopic (exact) mass is 547 g/mol. The first-order valence-corrected chi connectivity index (χ1v) is 13.9. The maximum Gasteiger partial charge on any atom is 0.336 e. The third-order valence-corrected chi connectivity index (χ3v) is 7.88. The Labute approximate surface area is 235 Å². The van der Waals surface area contributed by atoms with E-state index in [-0.39, 0.29) is 30.8 Å². The van der Waals surface area contributed by atoms with Gasteiger partial charge in [-0.1, -0.05) is 18.2 Å². The minimum Gasteiger partial charge on any atom is -0.497 e. The van der Waals surface area contributed by atoms with Crippen LogP contribution in [0.4, 0.5) is 0 Å². The Balaban J connectivity index is 1.55. The zero-order valence-electron chi connectivity index (χ0n) is 23.6. The van der Waals surface area contributed by atoms with Crippen LogP contribution in [0.25, 0.3) is 0 Å². The van der Waals surface area contributed by atoms with Crippen LogP contribution >= 0.6 is 0 Å². The summed E-state index contributed by atoms with van der Waals surface area (Å²) >= 11 is 0. The fourth-order valence-electron chi connectivity index (χ4n) is 6.03. The molecule has 1 saturated heterocycles. The van der Waals surface area contributed by atoms with Gasteiger partial charge in [-0.3, -0.25) is 4.79 Å². The van der Waals surface area contributed by atoms with Gasteiger partial charge in [-0.15, -0.1) is 0 Å². The van der Waals surface area contributed by atoms with E-state index in [1.54, 1.807) is 14.2 Å². The van der Waals surface area contributed by atoms with Crippen molar-refractivity contribution in [1.29, 1.82) is 0 Å². The summed E-state index contributed by atoms with van der Waals surface area (Å²) in [5.74, 6) is 0.844. The molecule has 8 heteroatoms. The standard InChI is InChI=1S/C32H37NO7/c1-5-38-28-11-7-6-10-23(28)30-29(32(35)40-18-22-9-8-14-39-22)19(2)33-25-15-20(16-26(34)31(25)30)24-17-21(36-3)12-13-27(24)37-4/h6-7,10-13,17,20,22,30,33H,5,8-9,14-16,18H2,1-4H3/t20-,22+,30-/m0/s1. The topological polar surface area (TPSA) is 92.3 Å². The molecule has 0 radical (unpaired) electrons. The molecule has 1 N–H and O–H groups in total. The lowest BCUT2D eigenvalue weighted by molar-refractivity contribution is -0.142. The van der Waals surface area contributed by atoms with Gasteiger partial charge in [-0.25, -0.2) is 4.79 Å². The lowest BCUT2D eigenvalue weighted by Crippen LogP contribution is -2.36. The number of rotatable bonds is 9. The molecule has 0 amide bonds. The molecule has 0 bridgehead atoms. The number of nitrogens with one attached hydrogen (secondary N) is 1. The highest BCUT2D eigenvalue weighted by Gasteiger charge is 2.43. The number of Topliss-reactive ketones (excluding diaryl/α,β-unsaturated/α-hetero) is 1. The molecular weight excluding hydrogens is 510 g/mol. The van der Waals surface area contributed by atoms with Gasteiger partial charge in [-0.05, 0) is 57.4 Å². The number of hydrogen-bond acceptors (Lipinski definition) is 8. The second-order valence-corrected chi connectivity index (χ2v) is 10.3. The smallest absolute Gasteiger partial charge is 0.336 e. The average molecular weight is 548 g/mol. The van der Waals surface area contributed by atoms with Gasteiger partial charge in [0.1, 0.15) is 23.9 Å². The van der Waals surface area contributed by atoms with E-state index in [0.29, 0.717) is 53.7 Å². The van der Waals surface area contributed by atoms with Crippen LogP contribution in [0, 0.1) is 0 Å². The quantitative estimate of drug-likeness (QED) is 0.429. The van der Waals surface area contributed by atoms with Crippen molar-refractivity contribution < 1.29 is 33.3 Å². The molecule has 2 heterocycles. The lowest BCUT2D eigenvalue weighted by atomic mass is 9.71. The van der Waals surface area contributed by atoms with E-state index in [9.17, 15) is 9.59 Å². The lowest BCUT2D eigenvalue weighted by Gasteiger charge is -2.37. The molecular formula is C32H37NO7. The van der Waals surface area contributed by atoms with Crippen LogP contribution in [-0.2, 0) is 19.1 Å². The molecule has 5 rings (SSSR count). The van der Waals surface area contributed by atoms with E-state index in [0.717, 1.165) is 29.7 Å². The number of dihydropyridines is 1. The zero-order valence-corrected chi connectivity index (χ0v) is 23.6. The molecule has 1 fully saturated rings. The van der Waals surface area contributed by atoms with Crippen molar-refractivity contribution in [3.05, 3.63) is 76.1 Å². The predicted molar refractivity (Wildman–Crippen MR) is 150 cm³/mol. The Morgan fingerprint density at radius 2 is 1.88 bits per heavy atom. The van der Waals surface area contributed by atoms with Gasteiger partial charge in [0, 0.05) is 47.0 Å². The van der Waals surface area contributed by atoms with Crippen molar-refractivity contribution in [1.82, 2.24) is 5.32 Å². The van der Waals surface area contributed by atoms with Gasteiger partial charge in [0.15, 0.2) is 5.78 Å². The number of esters is 1. The number of hydrogen-bond donors (Lipinski definition) is 1. The van der Waals surface area contributed by atoms with Crippen molar-refractivity contribution in [2.45, 2.75) is 57.5 Å². The third kappa shape index (κ3) is 5.45. The van der Waals surface area contributed by atoms with Crippen LogP contribution in [0.3, 0.4) is 0 Å². The fourth-order valence-corrected chi connectivity index (χ4v) is 6.03. The molecule has 0 aromatic heterocycles. The van der Waals surface area contributed by atoms with Crippen molar-refractivity contribution in [3.63, 3.8) is 0 Å². The summed E-state index contributed by atoms with van der Waals surface area (Å²) in [4.78, 5) is 27.7. The normalized spacial score (nSPS) is 22.5. The van der Waals surface area contributed by atoms with Gasteiger partial charge in [-0.2, -0.15) is 0 Å². The van der Waals surface area contributed by atoms with Crippen molar-refractivity contribution >= 4 is 11.8 Å². The minimum atomic E-state index is -0.614. The molecule has 212 valence electrons. The molecule has 0 unspecified atom stereocenters. The Hall–Kier alpha value is -3.78. The number of methoxy groups -OCH3 is 2. The maximum absolute atomic E-state index is 14.1. The largest absolute Gasteiger partial charge is 0.497 e. The Morgan fingerprint density at radius 3 is 2.60 bits per heavy atom.